The van der Waals surface area contributed by atoms with Crippen molar-refractivity contribution in [2.75, 3.05) is 11.8 Å². The van der Waals surface area contributed by atoms with Crippen molar-refractivity contribution < 1.29 is 9.90 Å². The minimum atomic E-state index is -0.684. The van der Waals surface area contributed by atoms with Gasteiger partial charge in [-0.15, -0.1) is 23.2 Å². The molecule has 0 aliphatic carbocycles. The lowest BCUT2D eigenvalue weighted by atomic mass is 10.1. The van der Waals surface area contributed by atoms with Gasteiger partial charge < -0.3 is 10.4 Å². The highest BCUT2D eigenvalue weighted by molar-refractivity contribution is 6.22. The maximum Gasteiger partial charge on any atom is 0.255 e. The van der Waals surface area contributed by atoms with Crippen LogP contribution in [0, 0.1) is 6.92 Å². The van der Waals surface area contributed by atoms with Gasteiger partial charge in [-0.05, 0) is 25.5 Å². The van der Waals surface area contributed by atoms with Gasteiger partial charge in [-0.3, -0.25) is 4.79 Å². The molecule has 0 aliphatic heterocycles. The maximum atomic E-state index is 12.0. The summed E-state index contributed by atoms with van der Waals surface area (Å²) in [6.07, 6.45) is 0. The first-order valence-corrected chi connectivity index (χ1v) is 6.23. The van der Waals surface area contributed by atoms with Gasteiger partial charge in [0.25, 0.3) is 5.91 Å². The summed E-state index contributed by atoms with van der Waals surface area (Å²) in [5.74, 6) is 0.00962. The van der Waals surface area contributed by atoms with E-state index in [1.54, 1.807) is 32.0 Å². The van der Waals surface area contributed by atoms with Crippen LogP contribution in [-0.4, -0.2) is 28.3 Å². The molecule has 0 spiro atoms. The molecular formula is C12H15Cl2NO2. The number of benzene rings is 1. The molecule has 3 nitrogen and oxygen atoms in total. The third-order valence-corrected chi connectivity index (χ3v) is 3.67. The highest BCUT2D eigenvalue weighted by Crippen LogP contribution is 2.22. The van der Waals surface area contributed by atoms with Crippen molar-refractivity contribution in [1.29, 1.82) is 0 Å². The number of nitrogens with one attached hydrogen (secondary N) is 1. The van der Waals surface area contributed by atoms with E-state index in [1.807, 2.05) is 0 Å². The number of hydrogen-bond acceptors (Lipinski definition) is 2. The van der Waals surface area contributed by atoms with Crippen LogP contribution in [0.2, 0.25) is 0 Å². The quantitative estimate of drug-likeness (QED) is 0.831. The Morgan fingerprint density at radius 3 is 2.53 bits per heavy atom. The van der Waals surface area contributed by atoms with Gasteiger partial charge in [0, 0.05) is 11.8 Å². The molecule has 0 atom stereocenters. The first-order valence-electron chi connectivity index (χ1n) is 5.16. The van der Waals surface area contributed by atoms with Crippen LogP contribution in [0.25, 0.3) is 0 Å². The smallest absolute Gasteiger partial charge is 0.255 e. The number of amides is 1. The number of phenols is 1. The fourth-order valence-corrected chi connectivity index (χ4v) is 1.71. The zero-order chi connectivity index (χ0) is 13.1. The Morgan fingerprint density at radius 1 is 1.41 bits per heavy atom. The predicted molar refractivity (Wildman–Crippen MR) is 70.2 cm³/mol. The van der Waals surface area contributed by atoms with Gasteiger partial charge in [-0.25, -0.2) is 0 Å². The topological polar surface area (TPSA) is 49.3 Å². The molecule has 0 radical (unpaired) electrons. The summed E-state index contributed by atoms with van der Waals surface area (Å²) >= 11 is 11.5. The van der Waals surface area contributed by atoms with E-state index in [0.717, 1.165) is 0 Å². The summed E-state index contributed by atoms with van der Waals surface area (Å²) < 4.78 is 0. The zero-order valence-corrected chi connectivity index (χ0v) is 11.3. The Labute approximate surface area is 111 Å². The zero-order valence-electron chi connectivity index (χ0n) is 9.76. The summed E-state index contributed by atoms with van der Waals surface area (Å²) in [5.41, 5.74) is 0.193. The van der Waals surface area contributed by atoms with Crippen LogP contribution >= 0.6 is 23.2 Å². The normalized spacial score (nSPS) is 11.3. The van der Waals surface area contributed by atoms with Crippen LogP contribution in [0.1, 0.15) is 22.8 Å². The largest absolute Gasteiger partial charge is 0.507 e. The molecule has 1 aromatic rings. The van der Waals surface area contributed by atoms with E-state index >= 15 is 0 Å². The third-order valence-electron chi connectivity index (χ3n) is 2.49. The molecule has 0 aromatic heterocycles. The van der Waals surface area contributed by atoms with Gasteiger partial charge in [0.05, 0.1) is 11.1 Å². The molecule has 0 saturated heterocycles. The van der Waals surface area contributed by atoms with Crippen LogP contribution in [0.4, 0.5) is 0 Å². The van der Waals surface area contributed by atoms with Gasteiger partial charge in [-0.2, -0.15) is 0 Å². The average molecular weight is 276 g/mol. The van der Waals surface area contributed by atoms with Crippen molar-refractivity contribution in [3.8, 4) is 5.75 Å². The van der Waals surface area contributed by atoms with E-state index in [9.17, 15) is 9.90 Å². The van der Waals surface area contributed by atoms with Crippen LogP contribution in [0.5, 0.6) is 5.75 Å². The number of hydrogen-bond donors (Lipinski definition) is 2. The van der Waals surface area contributed by atoms with E-state index in [4.69, 9.17) is 23.2 Å². The molecule has 17 heavy (non-hydrogen) atoms. The number of aryl methyl sites for hydroxylation is 1. The molecule has 0 heterocycles. The Hall–Kier alpha value is -0.930. The molecule has 0 saturated carbocycles. The number of halogens is 2. The Bertz CT molecular complexity index is 417. The van der Waals surface area contributed by atoms with Crippen molar-refractivity contribution in [3.63, 3.8) is 0 Å². The molecule has 0 fully saturated rings. The number of rotatable bonds is 4. The first-order chi connectivity index (χ1) is 7.93. The van der Waals surface area contributed by atoms with Crippen LogP contribution in [0.3, 0.4) is 0 Å². The van der Waals surface area contributed by atoms with Crippen molar-refractivity contribution in [2.24, 2.45) is 0 Å². The van der Waals surface area contributed by atoms with E-state index in [2.05, 4.69) is 5.32 Å². The lowest BCUT2D eigenvalue weighted by Gasteiger charge is -2.26. The number of carbonyl (C=O) groups excluding carboxylic acids is 1. The highest BCUT2D eigenvalue weighted by Gasteiger charge is 2.26. The maximum absolute atomic E-state index is 12.0. The number of para-hydroxylation sites is 1. The highest BCUT2D eigenvalue weighted by atomic mass is 35.5. The van der Waals surface area contributed by atoms with Gasteiger partial charge in [0.2, 0.25) is 0 Å². The molecule has 2 N–H and O–H groups in total. The molecule has 1 aromatic carbocycles. The fourth-order valence-electron chi connectivity index (χ4n) is 1.29. The van der Waals surface area contributed by atoms with Crippen molar-refractivity contribution in [3.05, 3.63) is 29.3 Å². The average Bonchev–Trinajstić information content (AvgIpc) is 2.32. The second-order valence-electron chi connectivity index (χ2n) is 4.25. The van der Waals surface area contributed by atoms with E-state index in [-0.39, 0.29) is 29.0 Å². The Kier molecular flexibility index (Phi) is 4.66. The van der Waals surface area contributed by atoms with Gasteiger partial charge in [0.15, 0.2) is 0 Å². The molecule has 94 valence electrons. The lowest BCUT2D eigenvalue weighted by molar-refractivity contribution is 0.0918. The van der Waals surface area contributed by atoms with Crippen LogP contribution in [0.15, 0.2) is 18.2 Å². The molecule has 1 rings (SSSR count). The van der Waals surface area contributed by atoms with E-state index in [0.29, 0.717) is 5.56 Å². The van der Waals surface area contributed by atoms with Crippen molar-refractivity contribution >= 4 is 29.1 Å². The molecule has 0 aliphatic rings. The first kappa shape index (κ1) is 14.1. The second kappa shape index (κ2) is 5.61. The van der Waals surface area contributed by atoms with Crippen LogP contribution in [-0.2, 0) is 0 Å². The van der Waals surface area contributed by atoms with E-state index < -0.39 is 5.54 Å². The summed E-state index contributed by atoms with van der Waals surface area (Å²) in [5, 5.41) is 12.5. The number of phenolic OH excluding ortho intramolecular Hbond substituents is 1. The lowest BCUT2D eigenvalue weighted by Crippen LogP contribution is -2.49. The molecule has 5 heteroatoms. The summed E-state index contributed by atoms with van der Waals surface area (Å²) in [7, 11) is 0. The second-order valence-corrected chi connectivity index (χ2v) is 4.79. The standard InChI is InChI=1S/C12H15Cl2NO2/c1-8-4-3-5-9(10(8)16)11(17)15-12(2,6-13)7-14/h3-5,16H,6-7H2,1-2H3,(H,15,17). The fraction of sp³-hybridized carbons (Fsp3) is 0.417. The number of carbonyl (C=O) groups is 1. The van der Waals surface area contributed by atoms with Gasteiger partial charge in [-0.1, -0.05) is 12.1 Å². The summed E-state index contributed by atoms with van der Waals surface area (Å²) in [4.78, 5) is 12.0. The van der Waals surface area contributed by atoms with Crippen molar-refractivity contribution in [2.45, 2.75) is 19.4 Å². The summed E-state index contributed by atoms with van der Waals surface area (Å²) in [6, 6.07) is 5.00. The van der Waals surface area contributed by atoms with Gasteiger partial charge >= 0.3 is 0 Å². The van der Waals surface area contributed by atoms with Crippen molar-refractivity contribution in [1.82, 2.24) is 5.32 Å². The molecule has 0 unspecified atom stereocenters. The van der Waals surface area contributed by atoms with Crippen LogP contribution < -0.4 is 5.32 Å². The van der Waals surface area contributed by atoms with Gasteiger partial charge in [0.1, 0.15) is 5.75 Å². The third kappa shape index (κ3) is 3.27. The monoisotopic (exact) mass is 275 g/mol. The van der Waals surface area contributed by atoms with E-state index in [1.165, 1.54) is 0 Å². The summed E-state index contributed by atoms with van der Waals surface area (Å²) in [6.45, 7) is 3.48. The molecule has 0 bridgehead atoms. The number of alkyl halides is 2. The number of aromatic hydroxyl groups is 1. The minimum absolute atomic E-state index is 0.0171. The minimum Gasteiger partial charge on any atom is -0.507 e. The Morgan fingerprint density at radius 2 is 2.00 bits per heavy atom. The molecule has 1 amide bonds. The predicted octanol–water partition coefficient (Wildman–Crippen LogP) is 2.67. The SMILES string of the molecule is Cc1cccc(C(=O)NC(C)(CCl)CCl)c1O. The Balaban J connectivity index is 2.94. The molecular weight excluding hydrogens is 261 g/mol.